The van der Waals surface area contributed by atoms with Gasteiger partial charge in [-0.2, -0.15) is 10.1 Å². The fourth-order valence-corrected chi connectivity index (χ4v) is 7.70. The van der Waals surface area contributed by atoms with Gasteiger partial charge in [0.05, 0.1) is 36.3 Å². The number of aliphatic carboxylic acids is 2. The lowest BCUT2D eigenvalue weighted by Gasteiger charge is -2.61. The highest BCUT2D eigenvalue weighted by Gasteiger charge is 2.63. The van der Waals surface area contributed by atoms with Crippen molar-refractivity contribution in [2.75, 3.05) is 13.2 Å². The summed E-state index contributed by atoms with van der Waals surface area (Å²) in [5.74, 6) is -3.11. The van der Waals surface area contributed by atoms with Crippen LogP contribution in [-0.2, 0) is 19.3 Å². The Kier molecular flexibility index (Phi) is 9.67. The van der Waals surface area contributed by atoms with Crippen molar-refractivity contribution < 1.29 is 39.7 Å². The first-order chi connectivity index (χ1) is 17.7. The molecule has 2 heterocycles. The molecule has 0 bridgehead atoms. The van der Waals surface area contributed by atoms with Crippen molar-refractivity contribution in [3.8, 4) is 0 Å². The second kappa shape index (κ2) is 11.1. The largest absolute Gasteiger partial charge is 0.481 e. The summed E-state index contributed by atoms with van der Waals surface area (Å²) < 4.78 is 0. The molecule has 0 radical (unpaired) electrons. The Morgan fingerprint density at radius 2 is 0.950 bits per heavy atom. The topological polar surface area (TPSA) is 140 Å². The maximum atomic E-state index is 13.5. The van der Waals surface area contributed by atoms with E-state index in [4.69, 9.17) is 9.68 Å². The molecule has 0 saturated carbocycles. The maximum Gasteiger partial charge on any atom is 0.310 e. The number of piperidine rings is 2. The summed E-state index contributed by atoms with van der Waals surface area (Å²) in [6.45, 7) is 22.7. The van der Waals surface area contributed by atoms with Gasteiger partial charge in [-0.3, -0.25) is 19.3 Å². The quantitative estimate of drug-likeness (QED) is 0.280. The monoisotopic (exact) mass is 572 g/mol. The van der Waals surface area contributed by atoms with Gasteiger partial charge in [0.1, 0.15) is 0 Å². The molecule has 2 fully saturated rings. The lowest BCUT2D eigenvalue weighted by molar-refractivity contribution is -0.318. The normalized spacial score (nSPS) is 24.6. The molecule has 0 unspecified atom stereocenters. The number of carboxylic acid groups (broad SMARTS) is 2. The van der Waals surface area contributed by atoms with Crippen LogP contribution in [0.1, 0.15) is 115 Å². The number of carbonyl (C=O) groups is 2. The molecule has 4 N–H and O–H groups in total. The smallest absolute Gasteiger partial charge is 0.310 e. The van der Waals surface area contributed by atoms with Gasteiger partial charge < -0.3 is 20.4 Å². The van der Waals surface area contributed by atoms with Gasteiger partial charge in [-0.15, -0.1) is 0 Å². The molecule has 40 heavy (non-hydrogen) atoms. The molecule has 2 saturated heterocycles. The molecule has 10 nitrogen and oxygen atoms in total. The maximum absolute atomic E-state index is 13.5. The molecule has 0 amide bonds. The van der Waals surface area contributed by atoms with Crippen LogP contribution >= 0.6 is 0 Å². The van der Waals surface area contributed by atoms with Crippen LogP contribution in [0.3, 0.4) is 0 Å². The van der Waals surface area contributed by atoms with Gasteiger partial charge in [-0.25, -0.2) is 0 Å². The third kappa shape index (κ3) is 7.75. The molecular formula is C30H56N2O8. The standard InChI is InChI=1S/C30H56N2O8/c1-24(2)13-20(14-25(3,4)31(24)39-18-28(9,10)37)30(23(35)36,17-22(33)34)21-15-26(5,6)32(27(7,8)16-21)40-19-29(11,12)38/h20-21,37-38H,13-19H2,1-12H3,(H,33,34)(H,35,36). The molecule has 0 aromatic heterocycles. The summed E-state index contributed by atoms with van der Waals surface area (Å²) in [5, 5.41) is 45.4. The van der Waals surface area contributed by atoms with Crippen molar-refractivity contribution in [1.82, 2.24) is 10.1 Å². The number of hydrogen-bond acceptors (Lipinski definition) is 8. The van der Waals surface area contributed by atoms with Crippen molar-refractivity contribution >= 4 is 11.9 Å². The summed E-state index contributed by atoms with van der Waals surface area (Å²) in [7, 11) is 0. The Labute approximate surface area is 240 Å². The zero-order chi connectivity index (χ0) is 31.3. The molecular weight excluding hydrogens is 516 g/mol. The number of aliphatic hydroxyl groups is 2. The van der Waals surface area contributed by atoms with Gasteiger partial charge in [0.25, 0.3) is 0 Å². The van der Waals surface area contributed by atoms with E-state index in [1.165, 1.54) is 0 Å². The number of hydrogen-bond donors (Lipinski definition) is 4. The van der Waals surface area contributed by atoms with Crippen LogP contribution in [0.15, 0.2) is 0 Å². The Balaban J connectivity index is 2.57. The number of hydroxylamine groups is 4. The van der Waals surface area contributed by atoms with E-state index in [9.17, 15) is 30.0 Å². The van der Waals surface area contributed by atoms with Gasteiger partial charge in [0, 0.05) is 22.2 Å². The van der Waals surface area contributed by atoms with E-state index in [0.29, 0.717) is 25.7 Å². The lowest BCUT2D eigenvalue weighted by Crippen LogP contribution is -2.67. The summed E-state index contributed by atoms with van der Waals surface area (Å²) in [6.07, 6.45) is 1.18. The molecule has 0 spiro atoms. The lowest BCUT2D eigenvalue weighted by atomic mass is 9.53. The first-order valence-electron chi connectivity index (χ1n) is 14.4. The molecule has 234 valence electrons. The molecule has 2 aliphatic rings. The Morgan fingerprint density at radius 3 is 1.15 bits per heavy atom. The zero-order valence-corrected chi connectivity index (χ0v) is 26.9. The van der Waals surface area contributed by atoms with Crippen molar-refractivity contribution in [1.29, 1.82) is 0 Å². The number of nitrogens with zero attached hydrogens (tertiary/aromatic N) is 2. The molecule has 2 aliphatic heterocycles. The SMILES string of the molecule is CC(C)(O)CON1C(C)(C)CC(C(CC(=O)O)(C(=O)O)C2CC(C)(C)N(OCC(C)(C)O)C(C)(C)C2)CC1(C)C. The predicted molar refractivity (Wildman–Crippen MR) is 152 cm³/mol. The van der Waals surface area contributed by atoms with E-state index in [1.807, 2.05) is 65.5 Å². The van der Waals surface area contributed by atoms with Crippen molar-refractivity contribution in [2.45, 2.75) is 149 Å². The molecule has 0 aromatic rings. The highest BCUT2D eigenvalue weighted by Crippen LogP contribution is 2.58. The summed E-state index contributed by atoms with van der Waals surface area (Å²) in [5.41, 5.74) is -6.13. The third-order valence-electron chi connectivity index (χ3n) is 8.58. The summed E-state index contributed by atoms with van der Waals surface area (Å²) >= 11 is 0. The molecule has 0 aromatic carbocycles. The van der Waals surface area contributed by atoms with Gasteiger partial charge in [0.15, 0.2) is 0 Å². The molecule has 0 atom stereocenters. The van der Waals surface area contributed by atoms with Crippen LogP contribution in [0.4, 0.5) is 0 Å². The Hall–Kier alpha value is -1.30. The fraction of sp³-hybridized carbons (Fsp3) is 0.933. The molecule has 0 aliphatic carbocycles. The van der Waals surface area contributed by atoms with Crippen LogP contribution in [0.25, 0.3) is 0 Å². The molecule has 10 heteroatoms. The first-order valence-corrected chi connectivity index (χ1v) is 14.4. The second-order valence-electron chi connectivity index (χ2n) is 16.1. The van der Waals surface area contributed by atoms with E-state index < -0.39 is 69.0 Å². The second-order valence-corrected chi connectivity index (χ2v) is 16.1. The minimum atomic E-state index is -1.53. The Bertz CT molecular complexity index is 835. The molecule has 2 rings (SSSR count). The fourth-order valence-electron chi connectivity index (χ4n) is 7.70. The van der Waals surface area contributed by atoms with Crippen molar-refractivity contribution in [3.05, 3.63) is 0 Å². The van der Waals surface area contributed by atoms with Crippen LogP contribution in [-0.4, -0.2) is 89.1 Å². The van der Waals surface area contributed by atoms with E-state index in [0.717, 1.165) is 0 Å². The van der Waals surface area contributed by atoms with Gasteiger partial charge >= 0.3 is 11.9 Å². The zero-order valence-electron chi connectivity index (χ0n) is 26.9. The van der Waals surface area contributed by atoms with Gasteiger partial charge in [-0.1, -0.05) is 0 Å². The van der Waals surface area contributed by atoms with E-state index in [-0.39, 0.29) is 13.2 Å². The van der Waals surface area contributed by atoms with E-state index >= 15 is 0 Å². The first kappa shape index (κ1) is 34.9. The Morgan fingerprint density at radius 1 is 0.675 bits per heavy atom. The third-order valence-corrected chi connectivity index (χ3v) is 8.58. The van der Waals surface area contributed by atoms with Crippen LogP contribution in [0.5, 0.6) is 0 Å². The summed E-state index contributed by atoms with van der Waals surface area (Å²) in [6, 6.07) is 0. The van der Waals surface area contributed by atoms with E-state index in [1.54, 1.807) is 27.7 Å². The average Bonchev–Trinajstić information content (AvgIpc) is 2.65. The van der Waals surface area contributed by atoms with Crippen LogP contribution < -0.4 is 0 Å². The number of rotatable bonds is 11. The van der Waals surface area contributed by atoms with Crippen molar-refractivity contribution in [2.24, 2.45) is 17.3 Å². The number of carboxylic acids is 2. The van der Waals surface area contributed by atoms with Crippen molar-refractivity contribution in [3.63, 3.8) is 0 Å². The highest BCUT2D eigenvalue weighted by atomic mass is 16.7. The van der Waals surface area contributed by atoms with Crippen LogP contribution in [0, 0.1) is 17.3 Å². The highest BCUT2D eigenvalue weighted by molar-refractivity contribution is 5.82. The average molecular weight is 573 g/mol. The van der Waals surface area contributed by atoms with Gasteiger partial charge in [-0.05, 0) is 121 Å². The van der Waals surface area contributed by atoms with E-state index in [2.05, 4.69) is 0 Å². The minimum Gasteiger partial charge on any atom is -0.481 e. The minimum absolute atomic E-state index is 0.0786. The van der Waals surface area contributed by atoms with Gasteiger partial charge in [0.2, 0.25) is 0 Å². The van der Waals surface area contributed by atoms with Crippen LogP contribution in [0.2, 0.25) is 0 Å². The summed E-state index contributed by atoms with van der Waals surface area (Å²) in [4.78, 5) is 38.1. The predicted octanol–water partition coefficient (Wildman–Crippen LogP) is 4.48.